The van der Waals surface area contributed by atoms with Crippen molar-refractivity contribution in [2.24, 2.45) is 0 Å². The topological polar surface area (TPSA) is 60.5 Å². The van der Waals surface area contributed by atoms with E-state index >= 15 is 0 Å². The monoisotopic (exact) mass is 364 g/mol. The number of ether oxygens (including phenoxy) is 4. The van der Waals surface area contributed by atoms with Crippen molar-refractivity contribution in [3.8, 4) is 17.2 Å². The molecule has 7 heteroatoms. The van der Waals surface area contributed by atoms with Crippen molar-refractivity contribution < 1.29 is 23.7 Å². The van der Waals surface area contributed by atoms with Crippen LogP contribution in [-0.2, 0) is 16.1 Å². The Bertz CT molecular complexity index is 623. The minimum absolute atomic E-state index is 0.144. The number of nitrogens with zero attached hydrogens (tertiary/aromatic N) is 2. The molecular weight excluding hydrogens is 336 g/mol. The lowest BCUT2D eigenvalue weighted by atomic mass is 10.1. The average Bonchev–Trinajstić information content (AvgIpc) is 3.22. The predicted molar refractivity (Wildman–Crippen MR) is 96.9 cm³/mol. The maximum Gasteiger partial charge on any atom is 0.251 e. The molecule has 2 aliphatic rings. The fourth-order valence-corrected chi connectivity index (χ4v) is 3.63. The molecule has 2 saturated heterocycles. The lowest BCUT2D eigenvalue weighted by Gasteiger charge is -2.36. The zero-order valence-corrected chi connectivity index (χ0v) is 15.8. The molecule has 1 amide bonds. The van der Waals surface area contributed by atoms with Gasteiger partial charge in [-0.15, -0.1) is 0 Å². The smallest absolute Gasteiger partial charge is 0.251 e. The zero-order valence-electron chi connectivity index (χ0n) is 15.8. The van der Waals surface area contributed by atoms with Gasteiger partial charge in [-0.25, -0.2) is 0 Å². The van der Waals surface area contributed by atoms with Crippen LogP contribution in [0.5, 0.6) is 17.2 Å². The van der Waals surface area contributed by atoms with Gasteiger partial charge in [0.05, 0.1) is 21.3 Å². The molecule has 0 unspecified atom stereocenters. The molecule has 1 aromatic rings. The quantitative estimate of drug-likeness (QED) is 0.763. The van der Waals surface area contributed by atoms with Gasteiger partial charge in [-0.05, 0) is 18.9 Å². The molecule has 0 bridgehead atoms. The second kappa shape index (κ2) is 8.60. The van der Waals surface area contributed by atoms with Gasteiger partial charge in [-0.3, -0.25) is 9.69 Å². The van der Waals surface area contributed by atoms with Gasteiger partial charge >= 0.3 is 0 Å². The Morgan fingerprint density at radius 2 is 1.81 bits per heavy atom. The van der Waals surface area contributed by atoms with Gasteiger partial charge in [0.2, 0.25) is 5.75 Å². The largest absolute Gasteiger partial charge is 0.493 e. The normalized spacial score (nSPS) is 20.9. The van der Waals surface area contributed by atoms with Crippen molar-refractivity contribution in [3.63, 3.8) is 0 Å². The third-order valence-electron chi connectivity index (χ3n) is 5.07. The second-order valence-electron chi connectivity index (χ2n) is 6.60. The Kier molecular flexibility index (Phi) is 6.21. The van der Waals surface area contributed by atoms with E-state index in [0.29, 0.717) is 23.9 Å². The lowest BCUT2D eigenvalue weighted by molar-refractivity contribution is -0.142. The maximum atomic E-state index is 12.5. The molecule has 0 N–H and O–H groups in total. The molecule has 0 saturated carbocycles. The SMILES string of the molecule is COc1ccc(CN2CCN(C(=O)[C@@H]3CCCO3)CC2)c(OC)c1OC. The van der Waals surface area contributed by atoms with E-state index in [1.807, 2.05) is 17.0 Å². The highest BCUT2D eigenvalue weighted by molar-refractivity contribution is 5.81. The molecule has 26 heavy (non-hydrogen) atoms. The maximum absolute atomic E-state index is 12.5. The van der Waals surface area contributed by atoms with Crippen LogP contribution in [0.25, 0.3) is 0 Å². The second-order valence-corrected chi connectivity index (χ2v) is 6.60. The van der Waals surface area contributed by atoms with Crippen LogP contribution in [0.3, 0.4) is 0 Å². The van der Waals surface area contributed by atoms with Crippen LogP contribution in [-0.4, -0.2) is 75.9 Å². The molecule has 0 aromatic heterocycles. The number of rotatable bonds is 6. The highest BCUT2D eigenvalue weighted by atomic mass is 16.5. The van der Waals surface area contributed by atoms with Gasteiger partial charge in [0.25, 0.3) is 5.91 Å². The first kappa shape index (κ1) is 18.8. The predicted octanol–water partition coefficient (Wildman–Crippen LogP) is 1.54. The molecule has 2 fully saturated rings. The summed E-state index contributed by atoms with van der Waals surface area (Å²) in [6.07, 6.45) is 1.60. The Hall–Kier alpha value is -1.99. The Balaban J connectivity index is 1.61. The van der Waals surface area contributed by atoms with Crippen LogP contribution in [0.2, 0.25) is 0 Å². The number of carbonyl (C=O) groups is 1. The van der Waals surface area contributed by atoms with Gasteiger partial charge < -0.3 is 23.8 Å². The fourth-order valence-electron chi connectivity index (χ4n) is 3.63. The molecular formula is C19H28N2O5. The minimum Gasteiger partial charge on any atom is -0.493 e. The summed E-state index contributed by atoms with van der Waals surface area (Å²) in [6, 6.07) is 3.90. The first-order chi connectivity index (χ1) is 12.7. The Labute approximate surface area is 154 Å². The van der Waals surface area contributed by atoms with E-state index in [-0.39, 0.29) is 12.0 Å². The van der Waals surface area contributed by atoms with E-state index in [1.165, 1.54) is 0 Å². The van der Waals surface area contributed by atoms with Gasteiger partial charge in [-0.2, -0.15) is 0 Å². The van der Waals surface area contributed by atoms with Crippen molar-refractivity contribution in [1.29, 1.82) is 0 Å². The number of hydrogen-bond donors (Lipinski definition) is 0. The highest BCUT2D eigenvalue weighted by Crippen LogP contribution is 2.40. The van der Waals surface area contributed by atoms with Crippen LogP contribution < -0.4 is 14.2 Å². The number of methoxy groups -OCH3 is 3. The third kappa shape index (κ3) is 3.88. The van der Waals surface area contributed by atoms with Crippen LogP contribution >= 0.6 is 0 Å². The molecule has 144 valence electrons. The van der Waals surface area contributed by atoms with Gasteiger partial charge in [0.1, 0.15) is 6.10 Å². The van der Waals surface area contributed by atoms with Crippen molar-refractivity contribution in [3.05, 3.63) is 17.7 Å². The molecule has 0 aliphatic carbocycles. The molecule has 2 aliphatic heterocycles. The third-order valence-corrected chi connectivity index (χ3v) is 5.07. The van der Waals surface area contributed by atoms with Crippen LogP contribution in [0.15, 0.2) is 12.1 Å². The van der Waals surface area contributed by atoms with E-state index in [4.69, 9.17) is 18.9 Å². The van der Waals surface area contributed by atoms with Crippen molar-refractivity contribution in [2.75, 3.05) is 54.1 Å². The standard InChI is InChI=1S/C19H28N2O5/c1-23-15-7-6-14(17(24-2)18(15)25-3)13-20-8-10-21(11-9-20)19(22)16-5-4-12-26-16/h6-7,16H,4-5,8-13H2,1-3H3/t16-/m0/s1. The summed E-state index contributed by atoms with van der Waals surface area (Å²) in [5.41, 5.74) is 1.05. The average molecular weight is 364 g/mol. The summed E-state index contributed by atoms with van der Waals surface area (Å²) in [4.78, 5) is 16.7. The summed E-state index contributed by atoms with van der Waals surface area (Å²) >= 11 is 0. The van der Waals surface area contributed by atoms with Crippen LogP contribution in [0, 0.1) is 0 Å². The van der Waals surface area contributed by atoms with Crippen molar-refractivity contribution in [2.45, 2.75) is 25.5 Å². The molecule has 0 radical (unpaired) electrons. The molecule has 3 rings (SSSR count). The summed E-state index contributed by atoms with van der Waals surface area (Å²) in [6.45, 7) is 4.56. The minimum atomic E-state index is -0.229. The molecule has 1 atom stereocenters. The van der Waals surface area contributed by atoms with E-state index in [1.54, 1.807) is 21.3 Å². The number of hydrogen-bond acceptors (Lipinski definition) is 6. The molecule has 2 heterocycles. The van der Waals surface area contributed by atoms with Crippen LogP contribution in [0.4, 0.5) is 0 Å². The van der Waals surface area contributed by atoms with Crippen molar-refractivity contribution >= 4 is 5.91 Å². The Morgan fingerprint density at radius 3 is 2.38 bits per heavy atom. The van der Waals surface area contributed by atoms with E-state index in [2.05, 4.69) is 4.90 Å². The first-order valence-electron chi connectivity index (χ1n) is 9.08. The summed E-state index contributed by atoms with van der Waals surface area (Å²) in [5, 5.41) is 0. The van der Waals surface area contributed by atoms with Gasteiger partial charge in [-0.1, -0.05) is 6.07 Å². The van der Waals surface area contributed by atoms with Gasteiger partial charge in [0.15, 0.2) is 11.5 Å². The van der Waals surface area contributed by atoms with E-state index in [9.17, 15) is 4.79 Å². The zero-order chi connectivity index (χ0) is 18.5. The summed E-state index contributed by atoms with van der Waals surface area (Å²) in [7, 11) is 4.86. The summed E-state index contributed by atoms with van der Waals surface area (Å²) in [5.74, 6) is 2.11. The lowest BCUT2D eigenvalue weighted by Crippen LogP contribution is -2.51. The van der Waals surface area contributed by atoms with Crippen molar-refractivity contribution in [1.82, 2.24) is 9.80 Å². The molecule has 1 aromatic carbocycles. The Morgan fingerprint density at radius 1 is 1.08 bits per heavy atom. The van der Waals surface area contributed by atoms with E-state index in [0.717, 1.165) is 51.1 Å². The highest BCUT2D eigenvalue weighted by Gasteiger charge is 2.30. The fraction of sp³-hybridized carbons (Fsp3) is 0.632. The van der Waals surface area contributed by atoms with Crippen LogP contribution in [0.1, 0.15) is 18.4 Å². The number of carbonyl (C=O) groups excluding carboxylic acids is 1. The van der Waals surface area contributed by atoms with Gasteiger partial charge in [0, 0.05) is 44.9 Å². The number of benzene rings is 1. The summed E-state index contributed by atoms with van der Waals surface area (Å²) < 4.78 is 21.9. The molecule has 0 spiro atoms. The molecule has 7 nitrogen and oxygen atoms in total. The van der Waals surface area contributed by atoms with E-state index < -0.39 is 0 Å². The first-order valence-corrected chi connectivity index (χ1v) is 9.08. The number of amides is 1. The number of piperazine rings is 1.